The van der Waals surface area contributed by atoms with Crippen LogP contribution in [0.2, 0.25) is 10.0 Å². The molecule has 0 spiro atoms. The van der Waals surface area contributed by atoms with Crippen molar-refractivity contribution in [1.29, 1.82) is 0 Å². The molecule has 21 heavy (non-hydrogen) atoms. The average Bonchev–Trinajstić information content (AvgIpc) is 2.72. The molecule has 1 aliphatic rings. The van der Waals surface area contributed by atoms with Gasteiger partial charge in [-0.25, -0.2) is 0 Å². The lowest BCUT2D eigenvalue weighted by Crippen LogP contribution is -2.31. The van der Waals surface area contributed by atoms with Gasteiger partial charge in [-0.1, -0.05) is 48.9 Å². The van der Waals surface area contributed by atoms with E-state index in [1.165, 1.54) is 38.5 Å². The molecule has 0 radical (unpaired) electrons. The Balaban J connectivity index is 1.73. The first-order chi connectivity index (χ1) is 10.1. The molecule has 1 aliphatic carbocycles. The Hall–Kier alpha value is -0.770. The van der Waals surface area contributed by atoms with Gasteiger partial charge in [-0.3, -0.25) is 4.79 Å². The van der Waals surface area contributed by atoms with Crippen LogP contribution in [0.4, 0.5) is 5.69 Å². The van der Waals surface area contributed by atoms with Gasteiger partial charge in [-0.05, 0) is 31.0 Å². The van der Waals surface area contributed by atoms with E-state index in [1.807, 2.05) is 0 Å². The van der Waals surface area contributed by atoms with Crippen LogP contribution in [0.25, 0.3) is 0 Å². The first kappa shape index (κ1) is 16.6. The molecular weight excluding hydrogens is 307 g/mol. The van der Waals surface area contributed by atoms with Crippen LogP contribution >= 0.6 is 23.2 Å². The van der Waals surface area contributed by atoms with E-state index in [0.29, 0.717) is 34.7 Å². The van der Waals surface area contributed by atoms with Crippen molar-refractivity contribution in [3.05, 3.63) is 28.2 Å². The zero-order valence-electron chi connectivity index (χ0n) is 12.1. The van der Waals surface area contributed by atoms with Crippen LogP contribution < -0.4 is 10.6 Å². The molecule has 0 unspecified atom stereocenters. The lowest BCUT2D eigenvalue weighted by atomic mass is 10.1. The van der Waals surface area contributed by atoms with Gasteiger partial charge in [0.25, 0.3) is 0 Å². The number of hydrogen-bond donors (Lipinski definition) is 2. The minimum Gasteiger partial charge on any atom is -0.325 e. The number of anilines is 1. The van der Waals surface area contributed by atoms with E-state index >= 15 is 0 Å². The van der Waals surface area contributed by atoms with E-state index in [9.17, 15) is 4.79 Å². The summed E-state index contributed by atoms with van der Waals surface area (Å²) in [6.07, 6.45) is 8.16. The molecule has 0 saturated heterocycles. The Labute approximate surface area is 136 Å². The number of rotatable bonds is 5. The van der Waals surface area contributed by atoms with Crippen molar-refractivity contribution in [1.82, 2.24) is 5.32 Å². The summed E-state index contributed by atoms with van der Waals surface area (Å²) in [7, 11) is 0. The molecule has 1 fully saturated rings. The topological polar surface area (TPSA) is 41.1 Å². The fourth-order valence-corrected chi connectivity index (χ4v) is 3.02. The number of carbonyl (C=O) groups excluding carboxylic acids is 1. The monoisotopic (exact) mass is 328 g/mol. The van der Waals surface area contributed by atoms with Gasteiger partial charge in [0, 0.05) is 24.0 Å². The summed E-state index contributed by atoms with van der Waals surface area (Å²) in [5, 5.41) is 7.36. The molecule has 1 amide bonds. The molecule has 2 N–H and O–H groups in total. The summed E-state index contributed by atoms with van der Waals surface area (Å²) in [5.41, 5.74) is 0.573. The van der Waals surface area contributed by atoms with Gasteiger partial charge >= 0.3 is 0 Å². The standard InChI is InChI=1S/C16H22Cl2N2O/c17-12-7-8-14(18)15(11-12)20-16(21)9-10-19-13-5-3-1-2-4-6-13/h7-8,11,13,19H,1-6,9-10H2,(H,20,21). The van der Waals surface area contributed by atoms with Crippen LogP contribution in [0.1, 0.15) is 44.9 Å². The van der Waals surface area contributed by atoms with Crippen LogP contribution in [0, 0.1) is 0 Å². The van der Waals surface area contributed by atoms with Crippen LogP contribution in [0.15, 0.2) is 18.2 Å². The van der Waals surface area contributed by atoms with Crippen molar-refractivity contribution in [2.45, 2.75) is 51.0 Å². The van der Waals surface area contributed by atoms with Gasteiger partial charge in [-0.2, -0.15) is 0 Å². The van der Waals surface area contributed by atoms with Crippen LogP contribution in [0.3, 0.4) is 0 Å². The third-order valence-corrected chi connectivity index (χ3v) is 4.41. The van der Waals surface area contributed by atoms with E-state index in [2.05, 4.69) is 10.6 Å². The summed E-state index contributed by atoms with van der Waals surface area (Å²) in [6, 6.07) is 5.62. The summed E-state index contributed by atoms with van der Waals surface area (Å²) < 4.78 is 0. The van der Waals surface area contributed by atoms with E-state index in [1.54, 1.807) is 18.2 Å². The SMILES string of the molecule is O=C(CCNC1CCCCCC1)Nc1cc(Cl)ccc1Cl. The number of halogens is 2. The Kier molecular flexibility index (Phi) is 6.81. The third kappa shape index (κ3) is 5.85. The second-order valence-corrected chi connectivity index (χ2v) is 6.41. The van der Waals surface area contributed by atoms with Gasteiger partial charge in [0.1, 0.15) is 0 Å². The molecule has 1 aromatic carbocycles. The molecular formula is C16H22Cl2N2O. The Bertz CT molecular complexity index is 471. The molecule has 0 aliphatic heterocycles. The average molecular weight is 329 g/mol. The Morgan fingerprint density at radius 2 is 1.86 bits per heavy atom. The van der Waals surface area contributed by atoms with Crippen molar-refractivity contribution >= 4 is 34.8 Å². The quantitative estimate of drug-likeness (QED) is 0.773. The van der Waals surface area contributed by atoms with E-state index in [0.717, 1.165) is 0 Å². The van der Waals surface area contributed by atoms with Crippen molar-refractivity contribution in [3.63, 3.8) is 0 Å². The van der Waals surface area contributed by atoms with Gasteiger partial charge in [-0.15, -0.1) is 0 Å². The van der Waals surface area contributed by atoms with E-state index < -0.39 is 0 Å². The molecule has 1 aromatic rings. The van der Waals surface area contributed by atoms with E-state index in [-0.39, 0.29) is 5.91 Å². The minimum atomic E-state index is -0.0414. The number of nitrogens with one attached hydrogen (secondary N) is 2. The second kappa shape index (κ2) is 8.62. The van der Waals surface area contributed by atoms with Gasteiger partial charge in [0.15, 0.2) is 0 Å². The largest absolute Gasteiger partial charge is 0.325 e. The van der Waals surface area contributed by atoms with Crippen molar-refractivity contribution < 1.29 is 4.79 Å². The minimum absolute atomic E-state index is 0.0414. The fraction of sp³-hybridized carbons (Fsp3) is 0.562. The predicted octanol–water partition coefficient (Wildman–Crippen LogP) is 4.63. The highest BCUT2D eigenvalue weighted by Gasteiger charge is 2.12. The number of benzene rings is 1. The number of amides is 1. The fourth-order valence-electron chi connectivity index (χ4n) is 2.68. The van der Waals surface area contributed by atoms with Gasteiger partial charge < -0.3 is 10.6 Å². The molecule has 0 heterocycles. The van der Waals surface area contributed by atoms with Crippen LogP contribution in [-0.2, 0) is 4.79 Å². The predicted molar refractivity (Wildman–Crippen MR) is 89.2 cm³/mol. The third-order valence-electron chi connectivity index (χ3n) is 3.84. The molecule has 116 valence electrons. The van der Waals surface area contributed by atoms with E-state index in [4.69, 9.17) is 23.2 Å². The number of hydrogen-bond acceptors (Lipinski definition) is 2. The highest BCUT2D eigenvalue weighted by atomic mass is 35.5. The van der Waals surface area contributed by atoms with Gasteiger partial charge in [0.05, 0.1) is 10.7 Å². The normalized spacial score (nSPS) is 16.5. The second-order valence-electron chi connectivity index (χ2n) is 5.56. The maximum Gasteiger partial charge on any atom is 0.225 e. The molecule has 1 saturated carbocycles. The van der Waals surface area contributed by atoms with Crippen molar-refractivity contribution in [2.24, 2.45) is 0 Å². The summed E-state index contributed by atoms with van der Waals surface area (Å²) in [6.45, 7) is 0.703. The number of carbonyl (C=O) groups is 1. The smallest absolute Gasteiger partial charge is 0.225 e. The summed E-state index contributed by atoms with van der Waals surface area (Å²) in [4.78, 5) is 11.9. The van der Waals surface area contributed by atoms with Gasteiger partial charge in [0.2, 0.25) is 5.91 Å². The Morgan fingerprint density at radius 3 is 2.57 bits per heavy atom. The highest BCUT2D eigenvalue weighted by molar-refractivity contribution is 6.35. The maximum absolute atomic E-state index is 11.9. The lowest BCUT2D eigenvalue weighted by molar-refractivity contribution is -0.116. The summed E-state index contributed by atoms with van der Waals surface area (Å²) >= 11 is 11.9. The molecule has 3 nitrogen and oxygen atoms in total. The van der Waals surface area contributed by atoms with Crippen molar-refractivity contribution in [3.8, 4) is 0 Å². The molecule has 0 aromatic heterocycles. The van der Waals surface area contributed by atoms with Crippen LogP contribution in [-0.4, -0.2) is 18.5 Å². The lowest BCUT2D eigenvalue weighted by Gasteiger charge is -2.16. The zero-order chi connectivity index (χ0) is 15.1. The maximum atomic E-state index is 11.9. The summed E-state index contributed by atoms with van der Waals surface area (Å²) in [5.74, 6) is -0.0414. The highest BCUT2D eigenvalue weighted by Crippen LogP contribution is 2.25. The first-order valence-corrected chi connectivity index (χ1v) is 8.39. The molecule has 0 bridgehead atoms. The molecule has 5 heteroatoms. The zero-order valence-corrected chi connectivity index (χ0v) is 13.6. The molecule has 2 rings (SSSR count). The van der Waals surface area contributed by atoms with Crippen LogP contribution in [0.5, 0.6) is 0 Å². The Morgan fingerprint density at radius 1 is 1.14 bits per heavy atom. The van der Waals surface area contributed by atoms with Crippen molar-refractivity contribution in [2.75, 3.05) is 11.9 Å². The molecule has 0 atom stereocenters. The first-order valence-electron chi connectivity index (χ1n) is 7.63.